The first kappa shape index (κ1) is 15.5. The Morgan fingerprint density at radius 3 is 2.74 bits per heavy atom. The molecule has 0 bridgehead atoms. The fraction of sp³-hybridized carbons (Fsp3) is 0.471. The second-order valence-electron chi connectivity index (χ2n) is 4.78. The second-order valence-corrected chi connectivity index (χ2v) is 4.78. The molecule has 0 atom stereocenters. The molecule has 104 valence electrons. The fourth-order valence-corrected chi connectivity index (χ4v) is 1.90. The van der Waals surface area contributed by atoms with E-state index < -0.39 is 0 Å². The number of hydrogen-bond donors (Lipinski definition) is 0. The lowest BCUT2D eigenvalue weighted by Gasteiger charge is -2.06. The minimum Gasteiger partial charge on any atom is -0.461 e. The minimum absolute atomic E-state index is 0.226. The lowest BCUT2D eigenvalue weighted by Crippen LogP contribution is -2.02. The Hall–Kier alpha value is -1.57. The van der Waals surface area contributed by atoms with Crippen molar-refractivity contribution in [2.24, 2.45) is 0 Å². The molecule has 2 nitrogen and oxygen atoms in total. The highest BCUT2D eigenvalue weighted by Gasteiger charge is 2.00. The van der Waals surface area contributed by atoms with Crippen LogP contribution in [0.2, 0.25) is 0 Å². The van der Waals surface area contributed by atoms with Gasteiger partial charge in [-0.2, -0.15) is 0 Å². The van der Waals surface area contributed by atoms with E-state index >= 15 is 0 Å². The van der Waals surface area contributed by atoms with Crippen molar-refractivity contribution in [1.29, 1.82) is 0 Å². The minimum atomic E-state index is -0.226. The lowest BCUT2D eigenvalue weighted by molar-refractivity contribution is -0.139. The van der Waals surface area contributed by atoms with Crippen LogP contribution in [0.4, 0.5) is 0 Å². The van der Waals surface area contributed by atoms with Gasteiger partial charge in [0.25, 0.3) is 0 Å². The molecule has 0 saturated heterocycles. The quantitative estimate of drug-likeness (QED) is 0.680. The van der Waals surface area contributed by atoms with Crippen LogP contribution < -0.4 is 0 Å². The van der Waals surface area contributed by atoms with Gasteiger partial charge in [-0.15, -0.1) is 0 Å². The van der Waals surface area contributed by atoms with Crippen molar-refractivity contribution in [2.75, 3.05) is 6.61 Å². The van der Waals surface area contributed by atoms with Gasteiger partial charge in [0.1, 0.15) is 6.61 Å². The second kappa shape index (κ2) is 8.52. The molecule has 0 aliphatic carbocycles. The highest BCUT2D eigenvalue weighted by molar-refractivity contribution is 5.66. The van der Waals surface area contributed by atoms with Crippen LogP contribution in [-0.4, -0.2) is 12.6 Å². The lowest BCUT2D eigenvalue weighted by atomic mass is 10.0. The molecule has 0 unspecified atom stereocenters. The predicted octanol–water partition coefficient (Wildman–Crippen LogP) is 4.39. The molecule has 19 heavy (non-hydrogen) atoms. The molecule has 0 spiro atoms. The first-order valence-corrected chi connectivity index (χ1v) is 7.07. The molecule has 0 heterocycles. The van der Waals surface area contributed by atoms with Gasteiger partial charge < -0.3 is 4.74 Å². The smallest absolute Gasteiger partial charge is 0.302 e. The van der Waals surface area contributed by atoms with E-state index in [4.69, 9.17) is 4.74 Å². The SMILES string of the molecule is CCCCc1cccc(/C=C(\CC)COC(C)=O)c1. The summed E-state index contributed by atoms with van der Waals surface area (Å²) in [6.45, 7) is 6.12. The number of unbranched alkanes of at least 4 members (excludes halogenated alkanes) is 1. The molecular weight excluding hydrogens is 236 g/mol. The zero-order chi connectivity index (χ0) is 14.1. The maximum absolute atomic E-state index is 10.8. The molecule has 1 aromatic rings. The van der Waals surface area contributed by atoms with Gasteiger partial charge in [-0.25, -0.2) is 0 Å². The largest absolute Gasteiger partial charge is 0.461 e. The normalized spacial score (nSPS) is 11.4. The number of carbonyl (C=O) groups is 1. The van der Waals surface area contributed by atoms with E-state index in [-0.39, 0.29) is 5.97 Å². The number of carbonyl (C=O) groups excluding carboxylic acids is 1. The number of ether oxygens (including phenoxy) is 1. The van der Waals surface area contributed by atoms with E-state index in [9.17, 15) is 4.79 Å². The third-order valence-corrected chi connectivity index (χ3v) is 3.06. The average molecular weight is 260 g/mol. The van der Waals surface area contributed by atoms with Crippen LogP contribution in [0.5, 0.6) is 0 Å². The van der Waals surface area contributed by atoms with Crippen molar-refractivity contribution in [1.82, 2.24) is 0 Å². The van der Waals surface area contributed by atoms with Gasteiger partial charge in [0.05, 0.1) is 0 Å². The van der Waals surface area contributed by atoms with Gasteiger partial charge in [-0.1, -0.05) is 50.6 Å². The summed E-state index contributed by atoms with van der Waals surface area (Å²) in [5.74, 6) is -0.226. The Kier molecular flexibility index (Phi) is 6.94. The van der Waals surface area contributed by atoms with Gasteiger partial charge in [-0.3, -0.25) is 4.79 Å². The summed E-state index contributed by atoms with van der Waals surface area (Å²) in [7, 11) is 0. The molecular formula is C17H24O2. The first-order chi connectivity index (χ1) is 9.15. The number of aryl methyl sites for hydroxylation is 1. The number of rotatable bonds is 7. The molecule has 0 radical (unpaired) electrons. The number of esters is 1. The van der Waals surface area contributed by atoms with Crippen molar-refractivity contribution in [3.05, 3.63) is 41.0 Å². The molecule has 1 aromatic carbocycles. The topological polar surface area (TPSA) is 26.3 Å². The monoisotopic (exact) mass is 260 g/mol. The summed E-state index contributed by atoms with van der Waals surface area (Å²) in [6, 6.07) is 8.58. The van der Waals surface area contributed by atoms with Crippen molar-refractivity contribution in [2.45, 2.75) is 46.5 Å². The Morgan fingerprint density at radius 2 is 2.11 bits per heavy atom. The van der Waals surface area contributed by atoms with Gasteiger partial charge >= 0.3 is 5.97 Å². The van der Waals surface area contributed by atoms with Crippen molar-refractivity contribution in [3.63, 3.8) is 0 Å². The zero-order valence-electron chi connectivity index (χ0n) is 12.2. The summed E-state index contributed by atoms with van der Waals surface area (Å²) in [6.07, 6.45) is 6.59. The maximum Gasteiger partial charge on any atom is 0.302 e. The summed E-state index contributed by atoms with van der Waals surface area (Å²) >= 11 is 0. The van der Waals surface area contributed by atoms with Crippen molar-refractivity contribution < 1.29 is 9.53 Å². The Morgan fingerprint density at radius 1 is 1.32 bits per heavy atom. The molecule has 0 aliphatic rings. The van der Waals surface area contributed by atoms with Gasteiger partial charge in [0.2, 0.25) is 0 Å². The zero-order valence-corrected chi connectivity index (χ0v) is 12.2. The van der Waals surface area contributed by atoms with E-state index in [2.05, 4.69) is 44.2 Å². The van der Waals surface area contributed by atoms with E-state index in [1.165, 1.54) is 30.9 Å². The molecule has 1 rings (SSSR count). The van der Waals surface area contributed by atoms with Crippen LogP contribution in [0.3, 0.4) is 0 Å². The van der Waals surface area contributed by atoms with E-state index in [1.54, 1.807) is 0 Å². The molecule has 0 aliphatic heterocycles. The third kappa shape index (κ3) is 6.23. The first-order valence-electron chi connectivity index (χ1n) is 7.07. The molecule has 0 aromatic heterocycles. The van der Waals surface area contributed by atoms with Crippen LogP contribution in [0.1, 0.15) is 51.2 Å². The van der Waals surface area contributed by atoms with Gasteiger partial charge in [-0.05, 0) is 36.0 Å². The standard InChI is InChI=1S/C17H24O2/c1-4-6-8-16-9-7-10-17(12-16)11-15(5-2)13-19-14(3)18/h7,9-12H,4-6,8,13H2,1-3H3/b15-11+. The Bertz CT molecular complexity index is 433. The van der Waals surface area contributed by atoms with Crippen LogP contribution in [0.25, 0.3) is 6.08 Å². The molecule has 0 amide bonds. The fourth-order valence-electron chi connectivity index (χ4n) is 1.90. The summed E-state index contributed by atoms with van der Waals surface area (Å²) < 4.78 is 5.06. The van der Waals surface area contributed by atoms with Gasteiger partial charge in [0.15, 0.2) is 0 Å². The molecule has 0 saturated carbocycles. The van der Waals surface area contributed by atoms with Gasteiger partial charge in [0, 0.05) is 6.92 Å². The van der Waals surface area contributed by atoms with E-state index in [1.807, 2.05) is 0 Å². The van der Waals surface area contributed by atoms with Crippen molar-refractivity contribution in [3.8, 4) is 0 Å². The van der Waals surface area contributed by atoms with Crippen molar-refractivity contribution >= 4 is 12.0 Å². The molecule has 0 N–H and O–H groups in total. The summed E-state index contributed by atoms with van der Waals surface area (Å²) in [4.78, 5) is 10.8. The van der Waals surface area contributed by atoms with E-state index in [0.717, 1.165) is 18.4 Å². The number of benzene rings is 1. The van der Waals surface area contributed by atoms with E-state index in [0.29, 0.717) is 6.61 Å². The summed E-state index contributed by atoms with van der Waals surface area (Å²) in [5.41, 5.74) is 3.71. The Balaban J connectivity index is 2.73. The average Bonchev–Trinajstić information content (AvgIpc) is 2.41. The van der Waals surface area contributed by atoms with Crippen LogP contribution in [-0.2, 0) is 16.0 Å². The number of hydrogen-bond acceptors (Lipinski definition) is 2. The highest BCUT2D eigenvalue weighted by atomic mass is 16.5. The van der Waals surface area contributed by atoms with Crippen LogP contribution >= 0.6 is 0 Å². The molecule has 0 fully saturated rings. The molecule has 2 heteroatoms. The third-order valence-electron chi connectivity index (χ3n) is 3.06. The van der Waals surface area contributed by atoms with Crippen LogP contribution in [0.15, 0.2) is 29.8 Å². The highest BCUT2D eigenvalue weighted by Crippen LogP contribution is 2.14. The summed E-state index contributed by atoms with van der Waals surface area (Å²) in [5, 5.41) is 0. The Labute approximate surface area is 116 Å². The maximum atomic E-state index is 10.8. The predicted molar refractivity (Wildman–Crippen MR) is 80.0 cm³/mol. The van der Waals surface area contributed by atoms with Crippen LogP contribution in [0, 0.1) is 0 Å².